The molecule has 104 valence electrons. The molecule has 0 aliphatic carbocycles. The van der Waals surface area contributed by atoms with E-state index in [0.29, 0.717) is 0 Å². The van der Waals surface area contributed by atoms with Gasteiger partial charge in [-0.3, -0.25) is 14.8 Å². The van der Waals surface area contributed by atoms with Crippen LogP contribution in [0.1, 0.15) is 5.56 Å². The monoisotopic (exact) mass is 331 g/mol. The highest BCUT2D eigenvalue weighted by molar-refractivity contribution is 6.43. The van der Waals surface area contributed by atoms with E-state index in [0.717, 1.165) is 5.56 Å². The van der Waals surface area contributed by atoms with Crippen molar-refractivity contribution in [3.8, 4) is 5.75 Å². The highest BCUT2D eigenvalue weighted by atomic mass is 35.5. The molecule has 0 bridgehead atoms. The number of carbonyl (C=O) groups is 1. The summed E-state index contributed by atoms with van der Waals surface area (Å²) in [5.41, 5.74) is 0.758. The quantitative estimate of drug-likeness (QED) is 0.480. The first kappa shape index (κ1) is 14.9. The molecular formula is C13H8Cl3NO3. The van der Waals surface area contributed by atoms with Crippen molar-refractivity contribution in [2.24, 2.45) is 0 Å². The fourth-order valence-corrected chi connectivity index (χ4v) is 1.92. The van der Waals surface area contributed by atoms with Gasteiger partial charge in [-0.05, 0) is 23.8 Å². The molecule has 0 aliphatic rings. The lowest BCUT2D eigenvalue weighted by Crippen LogP contribution is -2.11. The maximum Gasteiger partial charge on any atom is 0.359 e. The lowest BCUT2D eigenvalue weighted by atomic mass is 10.2. The van der Waals surface area contributed by atoms with Crippen LogP contribution < -0.4 is 4.89 Å². The van der Waals surface area contributed by atoms with Crippen LogP contribution in [-0.4, -0.2) is 11.0 Å². The van der Waals surface area contributed by atoms with Crippen molar-refractivity contribution in [1.82, 2.24) is 4.98 Å². The zero-order valence-electron chi connectivity index (χ0n) is 9.98. The second-order valence-electron chi connectivity index (χ2n) is 3.77. The number of nitrogens with zero attached hydrogens (tertiary/aromatic N) is 1. The predicted octanol–water partition coefficient (Wildman–Crippen LogP) is 4.12. The predicted molar refractivity (Wildman–Crippen MR) is 76.1 cm³/mol. The van der Waals surface area contributed by atoms with Gasteiger partial charge in [0.15, 0.2) is 5.75 Å². The second kappa shape index (κ2) is 6.79. The summed E-state index contributed by atoms with van der Waals surface area (Å²) in [5.74, 6) is -0.456. The average Bonchev–Trinajstić information content (AvgIpc) is 2.42. The summed E-state index contributed by atoms with van der Waals surface area (Å²) in [5, 5.41) is 0.722. The number of hydrogen-bond donors (Lipinski definition) is 0. The largest absolute Gasteiger partial charge is 0.359 e. The van der Waals surface area contributed by atoms with Gasteiger partial charge in [0, 0.05) is 18.5 Å². The van der Waals surface area contributed by atoms with Gasteiger partial charge < -0.3 is 0 Å². The smallest absolute Gasteiger partial charge is 0.285 e. The van der Waals surface area contributed by atoms with Crippen LogP contribution in [0, 0.1) is 0 Å². The van der Waals surface area contributed by atoms with Crippen LogP contribution in [0.25, 0.3) is 0 Å². The van der Waals surface area contributed by atoms with Crippen molar-refractivity contribution in [3.63, 3.8) is 0 Å². The molecule has 0 saturated carbocycles. The third-order valence-electron chi connectivity index (χ3n) is 2.30. The van der Waals surface area contributed by atoms with Crippen LogP contribution in [0.2, 0.25) is 15.1 Å². The van der Waals surface area contributed by atoms with E-state index in [9.17, 15) is 4.79 Å². The second-order valence-corrected chi connectivity index (χ2v) is 4.99. The normalized spacial score (nSPS) is 10.2. The highest BCUT2D eigenvalue weighted by Crippen LogP contribution is 2.33. The minimum Gasteiger partial charge on any atom is -0.285 e. The lowest BCUT2D eigenvalue weighted by molar-refractivity contribution is -0.212. The van der Waals surface area contributed by atoms with Crippen LogP contribution in [0.5, 0.6) is 5.75 Å². The van der Waals surface area contributed by atoms with E-state index in [1.165, 1.54) is 12.1 Å². The first-order chi connectivity index (χ1) is 9.56. The molecule has 0 spiro atoms. The van der Waals surface area contributed by atoms with E-state index in [1.54, 1.807) is 24.5 Å². The molecule has 0 saturated heterocycles. The summed E-state index contributed by atoms with van der Waals surface area (Å²) in [4.78, 5) is 25.0. The van der Waals surface area contributed by atoms with Crippen molar-refractivity contribution < 1.29 is 14.6 Å². The molecule has 0 fully saturated rings. The molecule has 0 atom stereocenters. The molecule has 4 nitrogen and oxygen atoms in total. The van der Waals surface area contributed by atoms with Gasteiger partial charge in [-0.15, -0.1) is 0 Å². The fraction of sp³-hybridized carbons (Fsp3) is 0.0769. The van der Waals surface area contributed by atoms with Crippen molar-refractivity contribution in [1.29, 1.82) is 0 Å². The van der Waals surface area contributed by atoms with Gasteiger partial charge in [-0.25, -0.2) is 4.79 Å². The Labute approximate surface area is 130 Å². The zero-order valence-corrected chi connectivity index (χ0v) is 12.2. The summed E-state index contributed by atoms with van der Waals surface area (Å²) in [7, 11) is 0. The fourth-order valence-electron chi connectivity index (χ4n) is 1.36. The summed E-state index contributed by atoms with van der Waals surface area (Å²) < 4.78 is 0. The third kappa shape index (κ3) is 4.00. The maximum absolute atomic E-state index is 11.6. The van der Waals surface area contributed by atoms with Crippen LogP contribution >= 0.6 is 34.8 Å². The first-order valence-corrected chi connectivity index (χ1v) is 6.60. The van der Waals surface area contributed by atoms with Gasteiger partial charge in [0.05, 0.1) is 21.5 Å². The number of pyridine rings is 1. The van der Waals surface area contributed by atoms with Crippen molar-refractivity contribution in [2.45, 2.75) is 6.42 Å². The van der Waals surface area contributed by atoms with Gasteiger partial charge in [0.1, 0.15) is 0 Å². The van der Waals surface area contributed by atoms with Crippen LogP contribution in [0.15, 0.2) is 36.7 Å². The van der Waals surface area contributed by atoms with Crippen LogP contribution in [-0.2, 0) is 16.1 Å². The number of aromatic nitrogens is 1. The molecule has 0 aliphatic heterocycles. The van der Waals surface area contributed by atoms with Gasteiger partial charge in [0.2, 0.25) is 0 Å². The summed E-state index contributed by atoms with van der Waals surface area (Å²) in [6.07, 6.45) is 3.22. The Balaban J connectivity index is 1.95. The van der Waals surface area contributed by atoms with Crippen LogP contribution in [0.4, 0.5) is 0 Å². The molecule has 1 heterocycles. The molecular weight excluding hydrogens is 325 g/mol. The van der Waals surface area contributed by atoms with E-state index in [-0.39, 0.29) is 27.2 Å². The van der Waals surface area contributed by atoms with E-state index in [1.807, 2.05) is 0 Å². The minimum absolute atomic E-state index is 0.0570. The Morgan fingerprint density at radius 2 is 1.70 bits per heavy atom. The van der Waals surface area contributed by atoms with Gasteiger partial charge in [-0.1, -0.05) is 34.8 Å². The standard InChI is InChI=1S/C13H8Cl3NO3/c14-9-6-11(16)12(7-10(9)15)19-20-13(18)5-8-1-3-17-4-2-8/h1-4,6-7H,5H2. The van der Waals surface area contributed by atoms with E-state index in [4.69, 9.17) is 39.7 Å². The summed E-state index contributed by atoms with van der Waals surface area (Å²) in [6, 6.07) is 6.17. The van der Waals surface area contributed by atoms with Crippen molar-refractivity contribution >= 4 is 40.8 Å². The Morgan fingerprint density at radius 1 is 1.05 bits per heavy atom. The SMILES string of the molecule is O=C(Cc1ccncc1)OOc1cc(Cl)c(Cl)cc1Cl. The third-order valence-corrected chi connectivity index (χ3v) is 3.31. The lowest BCUT2D eigenvalue weighted by Gasteiger charge is -2.07. The zero-order chi connectivity index (χ0) is 14.5. The van der Waals surface area contributed by atoms with E-state index < -0.39 is 5.97 Å². The van der Waals surface area contributed by atoms with Gasteiger partial charge in [0.25, 0.3) is 0 Å². The van der Waals surface area contributed by atoms with Crippen LogP contribution in [0.3, 0.4) is 0 Å². The number of halogens is 3. The molecule has 20 heavy (non-hydrogen) atoms. The highest BCUT2D eigenvalue weighted by Gasteiger charge is 2.11. The van der Waals surface area contributed by atoms with E-state index in [2.05, 4.69) is 9.87 Å². The maximum atomic E-state index is 11.6. The molecule has 1 aromatic heterocycles. The van der Waals surface area contributed by atoms with Gasteiger partial charge in [-0.2, -0.15) is 0 Å². The number of carbonyl (C=O) groups excluding carboxylic acids is 1. The van der Waals surface area contributed by atoms with Gasteiger partial charge >= 0.3 is 5.97 Å². The Hall–Kier alpha value is -1.49. The molecule has 0 amide bonds. The molecule has 0 radical (unpaired) electrons. The first-order valence-electron chi connectivity index (χ1n) is 5.47. The molecule has 7 heteroatoms. The average molecular weight is 333 g/mol. The van der Waals surface area contributed by atoms with Crippen molar-refractivity contribution in [3.05, 3.63) is 57.3 Å². The minimum atomic E-state index is -0.571. The molecule has 2 rings (SSSR count). The van der Waals surface area contributed by atoms with Crippen molar-refractivity contribution in [2.75, 3.05) is 0 Å². The molecule has 0 N–H and O–H groups in total. The summed E-state index contributed by atoms with van der Waals surface area (Å²) >= 11 is 17.5. The molecule has 2 aromatic rings. The number of hydrogen-bond acceptors (Lipinski definition) is 4. The molecule has 0 unspecified atom stereocenters. The Bertz CT molecular complexity index is 620. The Kier molecular flexibility index (Phi) is 5.06. The number of benzene rings is 1. The number of rotatable bonds is 4. The summed E-state index contributed by atoms with van der Waals surface area (Å²) in [6.45, 7) is 0. The topological polar surface area (TPSA) is 48.4 Å². The molecule has 1 aromatic carbocycles. The Morgan fingerprint density at radius 3 is 2.40 bits per heavy atom. The van der Waals surface area contributed by atoms with E-state index >= 15 is 0 Å².